The zero-order valence-corrected chi connectivity index (χ0v) is 14.0. The van der Waals surface area contributed by atoms with Crippen molar-refractivity contribution in [2.45, 2.75) is 6.92 Å². The third-order valence-electron chi connectivity index (χ3n) is 4.11. The van der Waals surface area contributed by atoms with Gasteiger partial charge in [0.15, 0.2) is 0 Å². The van der Waals surface area contributed by atoms with Crippen LogP contribution >= 0.6 is 0 Å². The molecular weight excluding hydrogens is 331 g/mol. The minimum absolute atomic E-state index is 0.281. The molecule has 0 saturated carbocycles. The first-order valence-electron chi connectivity index (χ1n) is 8.08. The van der Waals surface area contributed by atoms with E-state index in [4.69, 9.17) is 0 Å². The van der Waals surface area contributed by atoms with Crippen LogP contribution in [0.25, 0.3) is 17.0 Å². The molecule has 1 N–H and O–H groups in total. The van der Waals surface area contributed by atoms with Crippen molar-refractivity contribution in [2.75, 3.05) is 5.32 Å². The second-order valence-corrected chi connectivity index (χ2v) is 5.95. The standard InChI is InChI=1S/C20H15FN4O/c1-13-3-4-15(11-17(13)21)19(26)23-16-7-5-14(6-8-16)18-12-25-10-2-9-22-20(25)24-18/h2-12H,1H3,(H,23,26). The highest BCUT2D eigenvalue weighted by molar-refractivity contribution is 6.04. The lowest BCUT2D eigenvalue weighted by Crippen LogP contribution is -2.12. The Kier molecular flexibility index (Phi) is 3.93. The molecule has 1 amide bonds. The van der Waals surface area contributed by atoms with Gasteiger partial charge in [0.2, 0.25) is 5.78 Å². The van der Waals surface area contributed by atoms with Crippen LogP contribution < -0.4 is 5.32 Å². The van der Waals surface area contributed by atoms with Crippen molar-refractivity contribution in [1.29, 1.82) is 0 Å². The van der Waals surface area contributed by atoms with Crippen molar-refractivity contribution in [1.82, 2.24) is 14.4 Å². The van der Waals surface area contributed by atoms with Crippen LogP contribution in [0.1, 0.15) is 15.9 Å². The predicted octanol–water partition coefficient (Wildman–Crippen LogP) is 4.10. The lowest BCUT2D eigenvalue weighted by Gasteiger charge is -2.07. The Morgan fingerprint density at radius 1 is 1.15 bits per heavy atom. The highest BCUT2D eigenvalue weighted by Crippen LogP contribution is 2.21. The van der Waals surface area contributed by atoms with Gasteiger partial charge >= 0.3 is 0 Å². The molecule has 0 radical (unpaired) electrons. The van der Waals surface area contributed by atoms with E-state index in [-0.39, 0.29) is 11.5 Å². The molecule has 0 fully saturated rings. The fraction of sp³-hybridized carbons (Fsp3) is 0.0500. The number of aromatic nitrogens is 3. The summed E-state index contributed by atoms with van der Waals surface area (Å²) in [5, 5.41) is 2.77. The van der Waals surface area contributed by atoms with Gasteiger partial charge in [0.1, 0.15) is 5.82 Å². The highest BCUT2D eigenvalue weighted by Gasteiger charge is 2.09. The molecule has 4 rings (SSSR count). The van der Waals surface area contributed by atoms with Crippen molar-refractivity contribution in [2.24, 2.45) is 0 Å². The van der Waals surface area contributed by atoms with Gasteiger partial charge in [-0.25, -0.2) is 14.4 Å². The second-order valence-electron chi connectivity index (χ2n) is 5.95. The minimum Gasteiger partial charge on any atom is -0.322 e. The van der Waals surface area contributed by atoms with Crippen LogP contribution in [0.4, 0.5) is 10.1 Å². The molecule has 0 atom stereocenters. The average molecular weight is 346 g/mol. The molecule has 0 unspecified atom stereocenters. The molecule has 0 aliphatic heterocycles. The number of aryl methyl sites for hydroxylation is 1. The molecule has 0 bridgehead atoms. The number of nitrogens with one attached hydrogen (secondary N) is 1. The summed E-state index contributed by atoms with van der Waals surface area (Å²) in [6, 6.07) is 13.6. The van der Waals surface area contributed by atoms with Crippen LogP contribution in [0.5, 0.6) is 0 Å². The monoisotopic (exact) mass is 346 g/mol. The van der Waals surface area contributed by atoms with E-state index in [2.05, 4.69) is 15.3 Å². The first-order chi connectivity index (χ1) is 12.6. The number of hydrogen-bond acceptors (Lipinski definition) is 3. The number of halogens is 1. The van der Waals surface area contributed by atoms with Crippen molar-refractivity contribution in [3.05, 3.63) is 84.1 Å². The summed E-state index contributed by atoms with van der Waals surface area (Å²) in [6.45, 7) is 1.66. The van der Waals surface area contributed by atoms with Gasteiger partial charge in [0, 0.05) is 35.4 Å². The van der Waals surface area contributed by atoms with Crippen molar-refractivity contribution >= 4 is 17.4 Å². The van der Waals surface area contributed by atoms with Gasteiger partial charge in [-0.3, -0.25) is 9.20 Å². The van der Waals surface area contributed by atoms with Crippen molar-refractivity contribution < 1.29 is 9.18 Å². The molecule has 2 heterocycles. The Morgan fingerprint density at radius 2 is 1.96 bits per heavy atom. The zero-order valence-electron chi connectivity index (χ0n) is 14.0. The van der Waals surface area contributed by atoms with Gasteiger partial charge in [-0.15, -0.1) is 0 Å². The number of hydrogen-bond donors (Lipinski definition) is 1. The fourth-order valence-electron chi connectivity index (χ4n) is 2.63. The maximum absolute atomic E-state index is 13.6. The number of carbonyl (C=O) groups is 1. The van der Waals surface area contributed by atoms with E-state index in [0.29, 0.717) is 17.0 Å². The Balaban J connectivity index is 1.53. The molecule has 5 nitrogen and oxygen atoms in total. The highest BCUT2D eigenvalue weighted by atomic mass is 19.1. The number of amides is 1. The molecule has 4 aromatic rings. The van der Waals surface area contributed by atoms with Gasteiger partial charge in [0.25, 0.3) is 5.91 Å². The molecule has 0 aliphatic rings. The number of rotatable bonds is 3. The zero-order chi connectivity index (χ0) is 18.1. The quantitative estimate of drug-likeness (QED) is 0.608. The number of anilines is 1. The van der Waals surface area contributed by atoms with E-state index in [1.807, 2.05) is 35.0 Å². The first kappa shape index (κ1) is 16.0. The molecule has 26 heavy (non-hydrogen) atoms. The van der Waals surface area contributed by atoms with Crippen LogP contribution in [0.2, 0.25) is 0 Å². The van der Waals surface area contributed by atoms with E-state index in [0.717, 1.165) is 11.3 Å². The van der Waals surface area contributed by atoms with Crippen LogP contribution in [-0.2, 0) is 0 Å². The molecule has 6 heteroatoms. The van der Waals surface area contributed by atoms with Gasteiger partial charge in [-0.05, 0) is 42.8 Å². The molecule has 128 valence electrons. The molecule has 0 saturated heterocycles. The van der Waals surface area contributed by atoms with Crippen molar-refractivity contribution in [3.63, 3.8) is 0 Å². The Labute approximate surface area is 149 Å². The van der Waals surface area contributed by atoms with Crippen LogP contribution in [-0.4, -0.2) is 20.3 Å². The van der Waals surface area contributed by atoms with Crippen LogP contribution in [0, 0.1) is 12.7 Å². The van der Waals surface area contributed by atoms with Gasteiger partial charge in [-0.2, -0.15) is 0 Å². The summed E-state index contributed by atoms with van der Waals surface area (Å²) < 4.78 is 15.5. The lowest BCUT2D eigenvalue weighted by molar-refractivity contribution is 0.102. The fourth-order valence-corrected chi connectivity index (χ4v) is 2.63. The lowest BCUT2D eigenvalue weighted by atomic mass is 10.1. The van der Waals surface area contributed by atoms with E-state index < -0.39 is 5.82 Å². The summed E-state index contributed by atoms with van der Waals surface area (Å²) in [6.07, 6.45) is 5.47. The van der Waals surface area contributed by atoms with Crippen LogP contribution in [0.3, 0.4) is 0 Å². The van der Waals surface area contributed by atoms with E-state index >= 15 is 0 Å². The Morgan fingerprint density at radius 3 is 2.69 bits per heavy atom. The van der Waals surface area contributed by atoms with E-state index in [1.54, 1.807) is 37.4 Å². The number of imidazole rings is 1. The van der Waals surface area contributed by atoms with Gasteiger partial charge < -0.3 is 5.32 Å². The summed E-state index contributed by atoms with van der Waals surface area (Å²) in [4.78, 5) is 20.9. The Hall–Kier alpha value is -3.54. The largest absolute Gasteiger partial charge is 0.322 e. The summed E-state index contributed by atoms with van der Waals surface area (Å²) >= 11 is 0. The summed E-state index contributed by atoms with van der Waals surface area (Å²) in [5.74, 6) is -0.122. The molecule has 2 aromatic heterocycles. The normalized spacial score (nSPS) is 10.8. The topological polar surface area (TPSA) is 59.3 Å². The molecular formula is C20H15FN4O. The molecule has 0 spiro atoms. The number of carbonyl (C=O) groups excluding carboxylic acids is 1. The number of fused-ring (bicyclic) bond motifs is 1. The smallest absolute Gasteiger partial charge is 0.255 e. The molecule has 2 aromatic carbocycles. The third kappa shape index (κ3) is 3.04. The first-order valence-corrected chi connectivity index (χ1v) is 8.08. The predicted molar refractivity (Wildman–Crippen MR) is 97.5 cm³/mol. The van der Waals surface area contributed by atoms with Gasteiger partial charge in [0.05, 0.1) is 5.69 Å². The van der Waals surface area contributed by atoms with E-state index in [9.17, 15) is 9.18 Å². The second kappa shape index (κ2) is 6.40. The van der Waals surface area contributed by atoms with Crippen LogP contribution in [0.15, 0.2) is 67.1 Å². The SMILES string of the molecule is Cc1ccc(C(=O)Nc2ccc(-c3cn4cccnc4n3)cc2)cc1F. The number of nitrogens with zero attached hydrogens (tertiary/aromatic N) is 3. The van der Waals surface area contributed by atoms with Crippen molar-refractivity contribution in [3.8, 4) is 11.3 Å². The Bertz CT molecular complexity index is 1070. The van der Waals surface area contributed by atoms with Gasteiger partial charge in [-0.1, -0.05) is 18.2 Å². The average Bonchev–Trinajstić information content (AvgIpc) is 3.08. The number of benzene rings is 2. The summed E-state index contributed by atoms with van der Waals surface area (Å²) in [5.41, 5.74) is 3.12. The minimum atomic E-state index is -0.395. The summed E-state index contributed by atoms with van der Waals surface area (Å²) in [7, 11) is 0. The third-order valence-corrected chi connectivity index (χ3v) is 4.11. The maximum atomic E-state index is 13.6. The maximum Gasteiger partial charge on any atom is 0.255 e. The van der Waals surface area contributed by atoms with E-state index in [1.165, 1.54) is 6.07 Å². The molecule has 0 aliphatic carbocycles.